The van der Waals surface area contributed by atoms with Crippen LogP contribution in [-0.4, -0.2) is 22.9 Å². The summed E-state index contributed by atoms with van der Waals surface area (Å²) in [5.74, 6) is -0.508. The third-order valence-electron chi connectivity index (χ3n) is 7.59. The first-order chi connectivity index (χ1) is 16.5. The molecule has 0 radical (unpaired) electrons. The number of benzene rings is 1. The van der Waals surface area contributed by atoms with E-state index in [9.17, 15) is 9.59 Å². The van der Waals surface area contributed by atoms with Crippen LogP contribution in [0.5, 0.6) is 0 Å². The molecule has 0 N–H and O–H groups in total. The lowest BCUT2D eigenvalue weighted by atomic mass is 9.78. The van der Waals surface area contributed by atoms with E-state index >= 15 is 4.39 Å². The Balaban J connectivity index is 1.86. The van der Waals surface area contributed by atoms with Gasteiger partial charge in [-0.05, 0) is 54.0 Å². The van der Waals surface area contributed by atoms with Crippen molar-refractivity contribution in [3.63, 3.8) is 0 Å². The third-order valence-corrected chi connectivity index (χ3v) is 7.59. The molecule has 0 fully saturated rings. The van der Waals surface area contributed by atoms with Gasteiger partial charge in [0.1, 0.15) is 12.1 Å². The molecule has 1 aliphatic heterocycles. The number of hydrogen-bond acceptors (Lipinski definition) is 4. The number of carbonyl (C=O) groups is 1. The molecule has 0 spiro atoms. The predicted octanol–water partition coefficient (Wildman–Crippen LogP) is 5.18. The lowest BCUT2D eigenvalue weighted by molar-refractivity contribution is -0.109. The number of hydrogen-bond donors (Lipinski definition) is 0. The van der Waals surface area contributed by atoms with Crippen molar-refractivity contribution in [2.75, 3.05) is 7.11 Å². The van der Waals surface area contributed by atoms with Gasteiger partial charge in [-0.1, -0.05) is 19.9 Å². The third kappa shape index (κ3) is 3.12. The molecule has 3 aromatic rings. The molecule has 2 aliphatic rings. The molecule has 3 heterocycles. The molecular formula is C28H29FN2O3. The van der Waals surface area contributed by atoms with E-state index < -0.39 is 5.92 Å². The normalized spacial score (nSPS) is 16.9. The van der Waals surface area contributed by atoms with E-state index in [1.807, 2.05) is 26.0 Å². The number of ether oxygens (including phenoxy) is 1. The minimum Gasteiger partial charge on any atom is -0.380 e. The van der Waals surface area contributed by atoms with Crippen LogP contribution >= 0.6 is 0 Å². The Morgan fingerprint density at radius 1 is 1.29 bits per heavy atom. The fourth-order valence-electron chi connectivity index (χ4n) is 5.93. The summed E-state index contributed by atoms with van der Waals surface area (Å²) in [6.45, 7) is 8.52. The summed E-state index contributed by atoms with van der Waals surface area (Å²) < 4.78 is 22.1. The number of fused-ring (bicyclic) bond motifs is 4. The van der Waals surface area contributed by atoms with E-state index in [1.54, 1.807) is 11.7 Å². The SMILES string of the molecule is C=CC1CCc2c(CC)c(F)cc3nc4c(c1c23)Cn1c-4cc(C(C=O)CC)c(COC)c1=O. The molecule has 2 aromatic heterocycles. The summed E-state index contributed by atoms with van der Waals surface area (Å²) in [4.78, 5) is 30.4. The zero-order chi connectivity index (χ0) is 24.1. The molecule has 5 nitrogen and oxygen atoms in total. The van der Waals surface area contributed by atoms with Gasteiger partial charge in [0.05, 0.1) is 30.1 Å². The highest BCUT2D eigenvalue weighted by Gasteiger charge is 2.34. The number of halogens is 1. The van der Waals surface area contributed by atoms with Gasteiger partial charge in [-0.3, -0.25) is 4.79 Å². The maximum absolute atomic E-state index is 15.0. The van der Waals surface area contributed by atoms with E-state index in [0.29, 0.717) is 47.4 Å². The number of rotatable bonds is 7. The number of allylic oxidation sites excluding steroid dienone is 1. The van der Waals surface area contributed by atoms with Crippen LogP contribution < -0.4 is 5.56 Å². The van der Waals surface area contributed by atoms with E-state index in [2.05, 4.69) is 6.58 Å². The van der Waals surface area contributed by atoms with Crippen molar-refractivity contribution in [3.05, 3.63) is 74.3 Å². The largest absolute Gasteiger partial charge is 0.380 e. The second-order valence-corrected chi connectivity index (χ2v) is 9.24. The van der Waals surface area contributed by atoms with Crippen LogP contribution in [0.25, 0.3) is 22.3 Å². The molecule has 1 aromatic carbocycles. The predicted molar refractivity (Wildman–Crippen MR) is 131 cm³/mol. The Morgan fingerprint density at radius 2 is 2.09 bits per heavy atom. The molecule has 6 heteroatoms. The highest BCUT2D eigenvalue weighted by Crippen LogP contribution is 2.46. The first-order valence-corrected chi connectivity index (χ1v) is 12.0. The van der Waals surface area contributed by atoms with Gasteiger partial charge in [-0.25, -0.2) is 9.37 Å². The smallest absolute Gasteiger partial charge is 0.257 e. The van der Waals surface area contributed by atoms with Crippen LogP contribution in [0.4, 0.5) is 4.39 Å². The molecule has 1 aliphatic carbocycles. The van der Waals surface area contributed by atoms with Crippen molar-refractivity contribution in [3.8, 4) is 11.4 Å². The van der Waals surface area contributed by atoms with Crippen molar-refractivity contribution < 1.29 is 13.9 Å². The van der Waals surface area contributed by atoms with E-state index in [-0.39, 0.29) is 23.9 Å². The average Bonchev–Trinajstić information content (AvgIpc) is 3.21. The number of methoxy groups -OCH3 is 1. The Hall–Kier alpha value is -3.12. The Labute approximate surface area is 198 Å². The summed E-state index contributed by atoms with van der Waals surface area (Å²) in [5, 5.41) is 1.02. The molecule has 0 bridgehead atoms. The number of aromatic nitrogens is 2. The fourth-order valence-corrected chi connectivity index (χ4v) is 5.93. The number of pyridine rings is 2. The lowest BCUT2D eigenvalue weighted by Crippen LogP contribution is -2.26. The molecule has 34 heavy (non-hydrogen) atoms. The van der Waals surface area contributed by atoms with Gasteiger partial charge < -0.3 is 14.1 Å². The molecular weight excluding hydrogens is 431 g/mol. The molecule has 176 valence electrons. The summed E-state index contributed by atoms with van der Waals surface area (Å²) >= 11 is 0. The Kier molecular flexibility index (Phi) is 5.72. The fraction of sp³-hybridized carbons (Fsp3) is 0.393. The first kappa shape index (κ1) is 22.7. The summed E-state index contributed by atoms with van der Waals surface area (Å²) in [7, 11) is 1.55. The zero-order valence-electron chi connectivity index (χ0n) is 19.9. The Morgan fingerprint density at radius 3 is 2.74 bits per heavy atom. The minimum atomic E-state index is -0.399. The Bertz CT molecular complexity index is 1410. The van der Waals surface area contributed by atoms with Gasteiger partial charge in [0.15, 0.2) is 0 Å². The van der Waals surface area contributed by atoms with Crippen molar-refractivity contribution in [1.29, 1.82) is 0 Å². The number of nitrogens with zero attached hydrogens (tertiary/aromatic N) is 2. The van der Waals surface area contributed by atoms with Crippen molar-refractivity contribution in [1.82, 2.24) is 9.55 Å². The van der Waals surface area contributed by atoms with Gasteiger partial charge in [0.25, 0.3) is 5.56 Å². The summed E-state index contributed by atoms with van der Waals surface area (Å²) in [5.41, 5.74) is 6.96. The second kappa shape index (κ2) is 8.58. The van der Waals surface area contributed by atoms with E-state index in [4.69, 9.17) is 9.72 Å². The van der Waals surface area contributed by atoms with Crippen LogP contribution in [0.2, 0.25) is 0 Å². The number of carbonyl (C=O) groups excluding carboxylic acids is 1. The highest BCUT2D eigenvalue weighted by atomic mass is 19.1. The minimum absolute atomic E-state index is 0.114. The second-order valence-electron chi connectivity index (χ2n) is 9.24. The average molecular weight is 461 g/mol. The van der Waals surface area contributed by atoms with Gasteiger partial charge in [-0.2, -0.15) is 0 Å². The van der Waals surface area contributed by atoms with Crippen LogP contribution in [0, 0.1) is 5.82 Å². The standard InChI is InChI=1S/C28H29FN2O3/c1-5-15-8-9-18-17(7-3)22(29)11-23-26(18)25(15)20-12-31-24(27(20)30-23)10-19(16(6-2)13-32)21(14-34-4)28(31)33/h5,10-11,13,15-16H,1,6-9,12,14H2,2-4H3. The summed E-state index contributed by atoms with van der Waals surface area (Å²) in [6, 6.07) is 3.45. The van der Waals surface area contributed by atoms with E-state index in [0.717, 1.165) is 46.8 Å². The van der Waals surface area contributed by atoms with Gasteiger partial charge in [0, 0.05) is 41.5 Å². The van der Waals surface area contributed by atoms with Crippen LogP contribution in [-0.2, 0) is 35.5 Å². The zero-order valence-corrected chi connectivity index (χ0v) is 19.9. The molecule has 2 atom stereocenters. The maximum atomic E-state index is 15.0. The van der Waals surface area contributed by atoms with Gasteiger partial charge in [-0.15, -0.1) is 6.58 Å². The van der Waals surface area contributed by atoms with Crippen LogP contribution in [0.3, 0.4) is 0 Å². The van der Waals surface area contributed by atoms with Crippen LogP contribution in [0.15, 0.2) is 29.6 Å². The number of aryl methyl sites for hydroxylation is 1. The molecule has 0 amide bonds. The van der Waals surface area contributed by atoms with Crippen molar-refractivity contribution in [2.45, 2.75) is 64.5 Å². The molecule has 0 saturated carbocycles. The van der Waals surface area contributed by atoms with E-state index in [1.165, 1.54) is 6.07 Å². The molecule has 5 rings (SSSR count). The van der Waals surface area contributed by atoms with Gasteiger partial charge in [0.2, 0.25) is 0 Å². The van der Waals surface area contributed by atoms with Crippen LogP contribution in [0.1, 0.15) is 71.9 Å². The maximum Gasteiger partial charge on any atom is 0.257 e. The summed E-state index contributed by atoms with van der Waals surface area (Å²) in [6.07, 6.45) is 5.69. The van der Waals surface area contributed by atoms with Crippen molar-refractivity contribution >= 4 is 17.2 Å². The van der Waals surface area contributed by atoms with Crippen molar-refractivity contribution in [2.24, 2.45) is 0 Å². The lowest BCUT2D eigenvalue weighted by Gasteiger charge is -2.27. The molecule has 2 unspecified atom stereocenters. The monoisotopic (exact) mass is 460 g/mol. The highest BCUT2D eigenvalue weighted by molar-refractivity contribution is 5.93. The quantitative estimate of drug-likeness (QED) is 0.282. The van der Waals surface area contributed by atoms with Gasteiger partial charge >= 0.3 is 0 Å². The number of aldehydes is 1. The first-order valence-electron chi connectivity index (χ1n) is 12.0. The molecule has 0 saturated heterocycles. The topological polar surface area (TPSA) is 61.2 Å².